The number of likely N-dealkylation sites (N-methyl/N-ethyl adjacent to an activating group) is 1. The third-order valence-corrected chi connectivity index (χ3v) is 4.07. The number of rotatable bonds is 6. The molecule has 0 bridgehead atoms. The highest BCUT2D eigenvalue weighted by molar-refractivity contribution is 6.32. The molecule has 1 aromatic carbocycles. The van der Waals surface area contributed by atoms with Gasteiger partial charge in [0.25, 0.3) is 5.91 Å². The van der Waals surface area contributed by atoms with Gasteiger partial charge in [-0.2, -0.15) is 0 Å². The number of hydrogen-bond donors (Lipinski definition) is 0. The number of halogens is 1. The molecular weight excluding hydrogens is 351 g/mol. The molecule has 1 aliphatic rings. The Hall–Kier alpha value is -2.70. The molecule has 1 heterocycles. The van der Waals surface area contributed by atoms with Gasteiger partial charge in [0.1, 0.15) is 5.82 Å². The van der Waals surface area contributed by atoms with Crippen LogP contribution < -0.4 is 4.90 Å². The first-order valence-electron chi connectivity index (χ1n) is 8.93. The van der Waals surface area contributed by atoms with Crippen LogP contribution in [0.3, 0.4) is 0 Å². The monoisotopic (exact) mass is 376 g/mol. The van der Waals surface area contributed by atoms with Crippen LogP contribution in [0.1, 0.15) is 41.0 Å². The van der Waals surface area contributed by atoms with Crippen molar-refractivity contribution in [2.45, 2.75) is 41.0 Å². The summed E-state index contributed by atoms with van der Waals surface area (Å²) in [5.74, 6) is -2.65. The SMILES string of the molecule is CCN(CC)C1=C(OC(=O)CC(C)(C)C)C(=O)N(c2ccc(F)cc2)C1=O. The summed E-state index contributed by atoms with van der Waals surface area (Å²) in [7, 11) is 0. The second kappa shape index (κ2) is 7.90. The Morgan fingerprint density at radius 1 is 1.07 bits per heavy atom. The first-order valence-corrected chi connectivity index (χ1v) is 8.93. The molecule has 0 fully saturated rings. The normalized spacial score (nSPS) is 14.8. The molecule has 1 aliphatic heterocycles. The highest BCUT2D eigenvalue weighted by Gasteiger charge is 2.44. The molecule has 6 nitrogen and oxygen atoms in total. The van der Waals surface area contributed by atoms with Crippen LogP contribution in [0.5, 0.6) is 0 Å². The number of carbonyl (C=O) groups is 3. The molecule has 2 amide bonds. The van der Waals surface area contributed by atoms with E-state index >= 15 is 0 Å². The van der Waals surface area contributed by atoms with Gasteiger partial charge in [-0.15, -0.1) is 0 Å². The quantitative estimate of drug-likeness (QED) is 0.563. The summed E-state index contributed by atoms with van der Waals surface area (Å²) in [6.07, 6.45) is 0.0973. The van der Waals surface area contributed by atoms with E-state index in [0.717, 1.165) is 17.0 Å². The average Bonchev–Trinajstić information content (AvgIpc) is 2.80. The first-order chi connectivity index (χ1) is 12.6. The molecule has 0 unspecified atom stereocenters. The third-order valence-electron chi connectivity index (χ3n) is 4.07. The Labute approximate surface area is 158 Å². The molecule has 0 aliphatic carbocycles. The first kappa shape index (κ1) is 20.6. The Bertz CT molecular complexity index is 774. The summed E-state index contributed by atoms with van der Waals surface area (Å²) in [6, 6.07) is 5.00. The molecule has 2 rings (SSSR count). The Morgan fingerprint density at radius 3 is 2.11 bits per heavy atom. The number of hydrogen-bond acceptors (Lipinski definition) is 5. The minimum absolute atomic E-state index is 0.0524. The summed E-state index contributed by atoms with van der Waals surface area (Å²) >= 11 is 0. The smallest absolute Gasteiger partial charge is 0.311 e. The van der Waals surface area contributed by atoms with Crippen LogP contribution in [0.15, 0.2) is 35.7 Å². The zero-order chi connectivity index (χ0) is 20.4. The standard InChI is InChI=1S/C20H25FN2O4/c1-6-22(7-2)16-17(27-15(24)12-20(3,4)5)19(26)23(18(16)25)14-10-8-13(21)9-11-14/h8-11H,6-7,12H2,1-5H3. The number of ether oxygens (including phenoxy) is 1. The molecule has 0 saturated carbocycles. The fourth-order valence-corrected chi connectivity index (χ4v) is 2.82. The highest BCUT2D eigenvalue weighted by Crippen LogP contribution is 2.31. The minimum Gasteiger partial charge on any atom is -0.418 e. The lowest BCUT2D eigenvalue weighted by Gasteiger charge is -2.22. The molecule has 0 radical (unpaired) electrons. The maximum atomic E-state index is 13.2. The van der Waals surface area contributed by atoms with Gasteiger partial charge < -0.3 is 9.64 Å². The molecule has 0 aromatic heterocycles. The zero-order valence-corrected chi connectivity index (χ0v) is 16.3. The number of carbonyl (C=O) groups excluding carboxylic acids is 3. The van der Waals surface area contributed by atoms with Crippen molar-refractivity contribution in [3.05, 3.63) is 41.5 Å². The van der Waals surface area contributed by atoms with Crippen LogP contribution in [0.25, 0.3) is 0 Å². The van der Waals surface area contributed by atoms with Crippen LogP contribution in [0.4, 0.5) is 10.1 Å². The minimum atomic E-state index is -0.726. The van der Waals surface area contributed by atoms with Crippen LogP contribution in [-0.4, -0.2) is 35.8 Å². The molecule has 0 spiro atoms. The molecule has 0 atom stereocenters. The maximum Gasteiger partial charge on any atom is 0.311 e. The molecule has 1 aromatic rings. The van der Waals surface area contributed by atoms with Crippen LogP contribution in [0.2, 0.25) is 0 Å². The van der Waals surface area contributed by atoms with Crippen molar-refractivity contribution in [1.29, 1.82) is 0 Å². The lowest BCUT2D eigenvalue weighted by molar-refractivity contribution is -0.144. The number of amides is 2. The lowest BCUT2D eigenvalue weighted by atomic mass is 9.92. The second-order valence-electron chi connectivity index (χ2n) is 7.48. The van der Waals surface area contributed by atoms with Crippen molar-refractivity contribution >= 4 is 23.5 Å². The molecule has 7 heteroatoms. The summed E-state index contributed by atoms with van der Waals surface area (Å²) in [5.41, 5.74) is -0.0514. The molecule has 27 heavy (non-hydrogen) atoms. The van der Waals surface area contributed by atoms with E-state index in [-0.39, 0.29) is 29.0 Å². The Morgan fingerprint density at radius 2 is 1.63 bits per heavy atom. The second-order valence-corrected chi connectivity index (χ2v) is 7.48. The van der Waals surface area contributed by atoms with Crippen molar-refractivity contribution in [1.82, 2.24) is 4.90 Å². The van der Waals surface area contributed by atoms with Gasteiger partial charge in [0.05, 0.1) is 12.1 Å². The fraction of sp³-hybridized carbons (Fsp3) is 0.450. The van der Waals surface area contributed by atoms with Gasteiger partial charge in [0, 0.05) is 13.1 Å². The van der Waals surface area contributed by atoms with Gasteiger partial charge in [-0.3, -0.25) is 14.4 Å². The van der Waals surface area contributed by atoms with E-state index in [1.807, 2.05) is 34.6 Å². The van der Waals surface area contributed by atoms with E-state index in [0.29, 0.717) is 13.1 Å². The number of esters is 1. The zero-order valence-electron chi connectivity index (χ0n) is 16.3. The number of imide groups is 1. The number of benzene rings is 1. The number of anilines is 1. The van der Waals surface area contributed by atoms with E-state index in [9.17, 15) is 18.8 Å². The van der Waals surface area contributed by atoms with Crippen molar-refractivity contribution in [2.24, 2.45) is 5.41 Å². The van der Waals surface area contributed by atoms with Gasteiger partial charge in [-0.25, -0.2) is 9.29 Å². The van der Waals surface area contributed by atoms with Crippen molar-refractivity contribution < 1.29 is 23.5 Å². The lowest BCUT2D eigenvalue weighted by Crippen LogP contribution is -2.35. The van der Waals surface area contributed by atoms with Crippen molar-refractivity contribution in [2.75, 3.05) is 18.0 Å². The Balaban J connectivity index is 2.43. The van der Waals surface area contributed by atoms with Crippen molar-refractivity contribution in [3.8, 4) is 0 Å². The molecule has 0 saturated heterocycles. The highest BCUT2D eigenvalue weighted by atomic mass is 19.1. The topological polar surface area (TPSA) is 66.9 Å². The summed E-state index contributed by atoms with van der Waals surface area (Å²) < 4.78 is 18.6. The van der Waals surface area contributed by atoms with E-state index in [1.54, 1.807) is 4.90 Å². The maximum absolute atomic E-state index is 13.2. The summed E-state index contributed by atoms with van der Waals surface area (Å²) in [4.78, 5) is 40.7. The summed E-state index contributed by atoms with van der Waals surface area (Å²) in [5, 5.41) is 0. The van der Waals surface area contributed by atoms with Gasteiger partial charge in [-0.05, 0) is 43.5 Å². The third kappa shape index (κ3) is 4.53. The van der Waals surface area contributed by atoms with Gasteiger partial charge in [0.2, 0.25) is 5.76 Å². The van der Waals surface area contributed by atoms with E-state index in [2.05, 4.69) is 0 Å². The predicted octanol–water partition coefficient (Wildman–Crippen LogP) is 3.23. The van der Waals surface area contributed by atoms with E-state index < -0.39 is 23.6 Å². The molecule has 146 valence electrons. The Kier molecular flexibility index (Phi) is 6.03. The predicted molar refractivity (Wildman–Crippen MR) is 99.0 cm³/mol. The summed E-state index contributed by atoms with van der Waals surface area (Å²) in [6.45, 7) is 10.2. The van der Waals surface area contributed by atoms with Gasteiger partial charge >= 0.3 is 11.9 Å². The van der Waals surface area contributed by atoms with Crippen LogP contribution >= 0.6 is 0 Å². The van der Waals surface area contributed by atoms with Crippen LogP contribution in [0, 0.1) is 11.2 Å². The van der Waals surface area contributed by atoms with E-state index in [4.69, 9.17) is 4.74 Å². The van der Waals surface area contributed by atoms with Crippen molar-refractivity contribution in [3.63, 3.8) is 0 Å². The van der Waals surface area contributed by atoms with Crippen LogP contribution in [-0.2, 0) is 19.1 Å². The van der Waals surface area contributed by atoms with E-state index in [1.165, 1.54) is 12.1 Å². The molecule has 0 N–H and O–H groups in total. The van der Waals surface area contributed by atoms with Gasteiger partial charge in [0.15, 0.2) is 5.70 Å². The average molecular weight is 376 g/mol. The molecular formula is C20H25FN2O4. The van der Waals surface area contributed by atoms with Gasteiger partial charge in [-0.1, -0.05) is 20.8 Å². The number of nitrogens with zero attached hydrogens (tertiary/aromatic N) is 2. The fourth-order valence-electron chi connectivity index (χ4n) is 2.82. The largest absolute Gasteiger partial charge is 0.418 e.